The predicted molar refractivity (Wildman–Crippen MR) is 79.2 cm³/mol. The number of piperazine rings is 1. The number of fused-ring (bicyclic) bond motifs is 5. The van der Waals surface area contributed by atoms with Crippen molar-refractivity contribution in [3.63, 3.8) is 0 Å². The number of rotatable bonds is 1. The number of aliphatic hydroxyl groups is 1. The highest BCUT2D eigenvalue weighted by molar-refractivity contribution is 6.31. The van der Waals surface area contributed by atoms with Gasteiger partial charge in [-0.25, -0.2) is 4.79 Å². The fourth-order valence-electron chi connectivity index (χ4n) is 4.19. The number of carbonyl (C=O) groups excluding carboxylic acids is 2. The van der Waals surface area contributed by atoms with Crippen LogP contribution in [0.25, 0.3) is 0 Å². The first-order valence-electron chi connectivity index (χ1n) is 7.28. The van der Waals surface area contributed by atoms with Crippen molar-refractivity contribution < 1.29 is 14.7 Å². The molecule has 4 rings (SSSR count). The van der Waals surface area contributed by atoms with Gasteiger partial charge in [-0.3, -0.25) is 9.69 Å². The third kappa shape index (κ3) is 1.56. The molecule has 4 aliphatic rings. The first-order valence-corrected chi connectivity index (χ1v) is 8.15. The standard InChI is InChI=1S/C13H16Cl2N4O3/c1-2-18-12(21)17-9-8-7(4-13(9,18)22)19-6(11(20)16-8)3-5(14)10(19)15/h3,5,7-10,22H,2,4H2,1H3,(H,16,20)(H,17,21)/t5?,7-,8-,9+,10?,13+/m1/s1. The molecule has 0 aromatic heterocycles. The van der Waals surface area contributed by atoms with Crippen LogP contribution >= 0.6 is 23.2 Å². The number of amides is 3. The van der Waals surface area contributed by atoms with E-state index < -0.39 is 28.7 Å². The fraction of sp³-hybridized carbons (Fsp3) is 0.692. The number of nitrogens with one attached hydrogen (secondary N) is 2. The molecule has 120 valence electrons. The lowest BCUT2D eigenvalue weighted by Gasteiger charge is -2.41. The molecule has 2 unspecified atom stereocenters. The first kappa shape index (κ1) is 14.4. The fourth-order valence-corrected chi connectivity index (χ4v) is 4.76. The van der Waals surface area contributed by atoms with Crippen LogP contribution in [0.3, 0.4) is 0 Å². The topological polar surface area (TPSA) is 84.9 Å². The summed E-state index contributed by atoms with van der Waals surface area (Å²) in [4.78, 5) is 27.5. The van der Waals surface area contributed by atoms with Crippen LogP contribution in [0.4, 0.5) is 4.79 Å². The van der Waals surface area contributed by atoms with Crippen molar-refractivity contribution in [3.8, 4) is 0 Å². The summed E-state index contributed by atoms with van der Waals surface area (Å²) < 4.78 is 0. The van der Waals surface area contributed by atoms with Crippen LogP contribution in [0.5, 0.6) is 0 Å². The summed E-state index contributed by atoms with van der Waals surface area (Å²) in [6.07, 6.45) is 1.94. The predicted octanol–water partition coefficient (Wildman–Crippen LogP) is -0.269. The largest absolute Gasteiger partial charge is 0.368 e. The quantitative estimate of drug-likeness (QED) is 0.450. The summed E-state index contributed by atoms with van der Waals surface area (Å²) in [6.45, 7) is 2.19. The number of carbonyl (C=O) groups is 2. The van der Waals surface area contributed by atoms with Crippen LogP contribution in [0, 0.1) is 0 Å². The Morgan fingerprint density at radius 1 is 1.41 bits per heavy atom. The molecule has 3 fully saturated rings. The van der Waals surface area contributed by atoms with Gasteiger partial charge >= 0.3 is 6.03 Å². The zero-order valence-corrected chi connectivity index (χ0v) is 13.3. The van der Waals surface area contributed by atoms with Gasteiger partial charge in [-0.1, -0.05) is 11.6 Å². The van der Waals surface area contributed by atoms with Crippen LogP contribution in [0.2, 0.25) is 0 Å². The molecule has 0 aromatic carbocycles. The van der Waals surface area contributed by atoms with Gasteiger partial charge in [0.25, 0.3) is 5.91 Å². The van der Waals surface area contributed by atoms with Gasteiger partial charge < -0.3 is 20.6 Å². The van der Waals surface area contributed by atoms with Crippen LogP contribution in [-0.2, 0) is 4.79 Å². The summed E-state index contributed by atoms with van der Waals surface area (Å²) in [5.41, 5.74) is -1.42. The lowest BCUT2D eigenvalue weighted by Crippen LogP contribution is -2.62. The minimum Gasteiger partial charge on any atom is -0.368 e. The Balaban J connectivity index is 1.73. The monoisotopic (exact) mass is 346 g/mol. The molecule has 22 heavy (non-hydrogen) atoms. The van der Waals surface area contributed by atoms with Gasteiger partial charge in [0.15, 0.2) is 5.72 Å². The average molecular weight is 347 g/mol. The molecule has 1 saturated carbocycles. The summed E-state index contributed by atoms with van der Waals surface area (Å²) >= 11 is 12.5. The highest BCUT2D eigenvalue weighted by Crippen LogP contribution is 2.46. The second kappa shape index (κ2) is 4.43. The number of alkyl halides is 2. The molecular formula is C13H16Cl2N4O3. The van der Waals surface area contributed by atoms with Gasteiger partial charge in [0.1, 0.15) is 17.2 Å². The Labute approximate surface area is 137 Å². The van der Waals surface area contributed by atoms with E-state index in [0.29, 0.717) is 18.7 Å². The van der Waals surface area contributed by atoms with Crippen molar-refractivity contribution in [1.82, 2.24) is 20.4 Å². The van der Waals surface area contributed by atoms with Crippen LogP contribution in [-0.4, -0.2) is 68.1 Å². The minimum absolute atomic E-state index is 0.208. The number of nitrogens with zero attached hydrogens (tertiary/aromatic N) is 2. The normalized spacial score (nSPS) is 46.0. The molecule has 0 spiro atoms. The molecule has 3 aliphatic heterocycles. The van der Waals surface area contributed by atoms with Crippen LogP contribution in [0.15, 0.2) is 11.8 Å². The Morgan fingerprint density at radius 2 is 2.14 bits per heavy atom. The molecule has 3 N–H and O–H groups in total. The molecule has 6 atom stereocenters. The molecule has 3 heterocycles. The third-order valence-corrected chi connectivity index (χ3v) is 6.08. The van der Waals surface area contributed by atoms with E-state index in [-0.39, 0.29) is 18.0 Å². The highest BCUT2D eigenvalue weighted by atomic mass is 35.5. The number of urea groups is 1. The van der Waals surface area contributed by atoms with Crippen molar-refractivity contribution in [2.75, 3.05) is 6.54 Å². The number of likely N-dealkylation sites (N-methyl/N-ethyl adjacent to an activating group) is 1. The molecule has 9 heteroatoms. The molecule has 3 amide bonds. The van der Waals surface area contributed by atoms with E-state index in [2.05, 4.69) is 10.6 Å². The van der Waals surface area contributed by atoms with Crippen molar-refractivity contribution in [3.05, 3.63) is 11.8 Å². The van der Waals surface area contributed by atoms with Crippen LogP contribution < -0.4 is 10.6 Å². The van der Waals surface area contributed by atoms with E-state index >= 15 is 0 Å². The van der Waals surface area contributed by atoms with E-state index in [9.17, 15) is 14.7 Å². The molecule has 0 aromatic rings. The van der Waals surface area contributed by atoms with Crippen LogP contribution in [0.1, 0.15) is 13.3 Å². The maximum atomic E-state index is 12.3. The molecule has 0 radical (unpaired) electrons. The summed E-state index contributed by atoms with van der Waals surface area (Å²) in [7, 11) is 0. The van der Waals surface area contributed by atoms with Gasteiger partial charge in [0, 0.05) is 13.0 Å². The Hall–Kier alpha value is -1.18. The minimum atomic E-state index is -1.33. The number of halogens is 2. The molecule has 1 aliphatic carbocycles. The van der Waals surface area contributed by atoms with Gasteiger partial charge in [-0.2, -0.15) is 0 Å². The van der Waals surface area contributed by atoms with E-state index in [1.54, 1.807) is 17.9 Å². The highest BCUT2D eigenvalue weighted by Gasteiger charge is 2.66. The zero-order valence-electron chi connectivity index (χ0n) is 11.8. The maximum Gasteiger partial charge on any atom is 0.320 e. The number of hydrogen-bond donors (Lipinski definition) is 3. The van der Waals surface area contributed by atoms with Crippen molar-refractivity contribution in [1.29, 1.82) is 0 Å². The molecular weight excluding hydrogens is 331 g/mol. The Bertz CT molecular complexity index is 600. The lowest BCUT2D eigenvalue weighted by molar-refractivity contribution is -0.122. The Morgan fingerprint density at radius 3 is 2.82 bits per heavy atom. The van der Waals surface area contributed by atoms with Crippen molar-refractivity contribution in [2.45, 2.75) is 48.1 Å². The van der Waals surface area contributed by atoms with Crippen molar-refractivity contribution in [2.24, 2.45) is 0 Å². The SMILES string of the molecule is CCN1C(=O)N[C@H]2[C@@H]3NC(=O)C4=CC(Cl)C(Cl)N4[C@@H]3C[C@]21O. The van der Waals surface area contributed by atoms with Gasteiger partial charge in [-0.05, 0) is 13.0 Å². The van der Waals surface area contributed by atoms with E-state index in [1.165, 1.54) is 4.90 Å². The van der Waals surface area contributed by atoms with Crippen molar-refractivity contribution >= 4 is 35.1 Å². The smallest absolute Gasteiger partial charge is 0.320 e. The first-order chi connectivity index (χ1) is 10.4. The molecule has 7 nitrogen and oxygen atoms in total. The summed E-state index contributed by atoms with van der Waals surface area (Å²) in [5, 5.41) is 16.2. The van der Waals surface area contributed by atoms with Gasteiger partial charge in [0.2, 0.25) is 0 Å². The second-order valence-electron chi connectivity index (χ2n) is 6.10. The maximum absolute atomic E-state index is 12.3. The summed E-state index contributed by atoms with van der Waals surface area (Å²) in [6, 6.07) is -1.49. The van der Waals surface area contributed by atoms with Gasteiger partial charge in [0.05, 0.1) is 17.5 Å². The lowest BCUT2D eigenvalue weighted by atomic mass is 10.0. The van der Waals surface area contributed by atoms with Gasteiger partial charge in [-0.15, -0.1) is 11.6 Å². The average Bonchev–Trinajstić information content (AvgIpc) is 2.99. The molecule has 2 saturated heterocycles. The zero-order chi connectivity index (χ0) is 15.8. The Kier molecular flexibility index (Phi) is 2.90. The third-order valence-electron chi connectivity index (χ3n) is 5.10. The van der Waals surface area contributed by atoms with E-state index in [4.69, 9.17) is 23.2 Å². The molecule has 0 bridgehead atoms. The number of hydrogen-bond acceptors (Lipinski definition) is 4. The summed E-state index contributed by atoms with van der Waals surface area (Å²) in [5.74, 6) is -0.275. The second-order valence-corrected chi connectivity index (χ2v) is 7.05. The van der Waals surface area contributed by atoms with E-state index in [0.717, 1.165) is 0 Å². The van der Waals surface area contributed by atoms with E-state index in [1.807, 2.05) is 0 Å².